The monoisotopic (exact) mass is 311 g/mol. The van der Waals surface area contributed by atoms with Crippen molar-refractivity contribution in [3.8, 4) is 0 Å². The number of amides is 1. The highest BCUT2D eigenvalue weighted by Crippen LogP contribution is 2.15. The first-order valence-electron chi connectivity index (χ1n) is 7.21. The average Bonchev–Trinajstić information content (AvgIpc) is 2.55. The Morgan fingerprint density at radius 3 is 1.83 bits per heavy atom. The molecule has 5 heteroatoms. The molecule has 2 aromatic carbocycles. The fraction of sp³-hybridized carbons (Fsp3) is 0.167. The zero-order valence-corrected chi connectivity index (χ0v) is 13.0. The normalized spacial score (nSPS) is 10.0. The summed E-state index contributed by atoms with van der Waals surface area (Å²) >= 11 is 0. The fourth-order valence-corrected chi connectivity index (χ4v) is 2.05. The topological polar surface area (TPSA) is 72.5 Å². The minimum absolute atomic E-state index is 0.158. The van der Waals surface area contributed by atoms with Gasteiger partial charge in [0.25, 0.3) is 0 Å². The molecular formula is C18H17NO4. The van der Waals surface area contributed by atoms with Gasteiger partial charge in [0, 0.05) is 23.7 Å². The van der Waals surface area contributed by atoms with E-state index in [0.29, 0.717) is 29.0 Å². The van der Waals surface area contributed by atoms with Crippen LogP contribution in [0.4, 0.5) is 5.69 Å². The van der Waals surface area contributed by atoms with E-state index in [1.807, 2.05) is 0 Å². The maximum atomic E-state index is 12.4. The second kappa shape index (κ2) is 7.35. The standard InChI is InChI=1S/C18H17NO4/c1-3-23-18(22)15-6-4-13(5-7-15)17(21)14-8-10-16(11-9-14)19-12(2)20/h4-11H,3H2,1-2H3,(H,19,20). The second-order valence-electron chi connectivity index (χ2n) is 4.89. The lowest BCUT2D eigenvalue weighted by molar-refractivity contribution is -0.114. The molecule has 0 bridgehead atoms. The van der Waals surface area contributed by atoms with E-state index in [0.717, 1.165) is 0 Å². The number of carbonyl (C=O) groups is 3. The minimum atomic E-state index is -0.411. The van der Waals surface area contributed by atoms with Gasteiger partial charge in [0.1, 0.15) is 0 Å². The smallest absolute Gasteiger partial charge is 0.338 e. The maximum absolute atomic E-state index is 12.4. The highest BCUT2D eigenvalue weighted by atomic mass is 16.5. The van der Waals surface area contributed by atoms with Crippen LogP contribution in [-0.4, -0.2) is 24.3 Å². The minimum Gasteiger partial charge on any atom is -0.462 e. The first-order valence-corrected chi connectivity index (χ1v) is 7.21. The van der Waals surface area contributed by atoms with Gasteiger partial charge in [-0.05, 0) is 43.3 Å². The average molecular weight is 311 g/mol. The molecule has 23 heavy (non-hydrogen) atoms. The van der Waals surface area contributed by atoms with Crippen LogP contribution < -0.4 is 5.32 Å². The lowest BCUT2D eigenvalue weighted by atomic mass is 10.0. The summed E-state index contributed by atoms with van der Waals surface area (Å²) in [6.07, 6.45) is 0. The van der Waals surface area contributed by atoms with Crippen LogP contribution in [0.15, 0.2) is 48.5 Å². The Morgan fingerprint density at radius 2 is 1.35 bits per heavy atom. The molecule has 2 aromatic rings. The van der Waals surface area contributed by atoms with E-state index in [9.17, 15) is 14.4 Å². The molecule has 0 aliphatic rings. The predicted molar refractivity (Wildman–Crippen MR) is 86.6 cm³/mol. The van der Waals surface area contributed by atoms with Gasteiger partial charge < -0.3 is 10.1 Å². The summed E-state index contributed by atoms with van der Waals surface area (Å²) in [6, 6.07) is 12.9. The molecule has 0 saturated heterocycles. The molecule has 118 valence electrons. The SMILES string of the molecule is CCOC(=O)c1ccc(C(=O)c2ccc(NC(C)=O)cc2)cc1. The lowest BCUT2D eigenvalue weighted by Gasteiger charge is -2.05. The molecule has 0 fully saturated rings. The van der Waals surface area contributed by atoms with Crippen LogP contribution in [0, 0.1) is 0 Å². The summed E-state index contributed by atoms with van der Waals surface area (Å²) in [6.45, 7) is 3.46. The molecule has 0 radical (unpaired) electrons. The molecule has 2 rings (SSSR count). The predicted octanol–water partition coefficient (Wildman–Crippen LogP) is 3.05. The fourth-order valence-electron chi connectivity index (χ4n) is 2.05. The summed E-state index contributed by atoms with van der Waals surface area (Å²) in [5.41, 5.74) is 2.02. The molecule has 1 amide bonds. The zero-order chi connectivity index (χ0) is 16.8. The number of ketones is 1. The van der Waals surface area contributed by atoms with Crippen LogP contribution >= 0.6 is 0 Å². The van der Waals surface area contributed by atoms with Crippen molar-refractivity contribution in [2.45, 2.75) is 13.8 Å². The molecule has 0 aliphatic heterocycles. The van der Waals surface area contributed by atoms with Crippen molar-refractivity contribution in [2.75, 3.05) is 11.9 Å². The Kier molecular flexibility index (Phi) is 5.25. The summed E-state index contributed by atoms with van der Waals surface area (Å²) < 4.78 is 4.90. The quantitative estimate of drug-likeness (QED) is 0.680. The Bertz CT molecular complexity index is 718. The molecule has 1 N–H and O–H groups in total. The number of esters is 1. The Hall–Kier alpha value is -2.95. The van der Waals surface area contributed by atoms with Crippen molar-refractivity contribution < 1.29 is 19.1 Å². The summed E-state index contributed by atoms with van der Waals surface area (Å²) in [7, 11) is 0. The Balaban J connectivity index is 2.13. The van der Waals surface area contributed by atoms with Crippen molar-refractivity contribution >= 4 is 23.3 Å². The molecule has 0 saturated carbocycles. The molecule has 0 unspecified atom stereocenters. The zero-order valence-electron chi connectivity index (χ0n) is 13.0. The highest BCUT2D eigenvalue weighted by Gasteiger charge is 2.11. The molecule has 0 atom stereocenters. The van der Waals surface area contributed by atoms with E-state index in [4.69, 9.17) is 4.74 Å². The van der Waals surface area contributed by atoms with E-state index >= 15 is 0 Å². The highest BCUT2D eigenvalue weighted by molar-refractivity contribution is 6.09. The maximum Gasteiger partial charge on any atom is 0.338 e. The van der Waals surface area contributed by atoms with Crippen molar-refractivity contribution in [3.05, 3.63) is 65.2 Å². The molecule has 0 aliphatic carbocycles. The van der Waals surface area contributed by atoms with Crippen LogP contribution in [0.3, 0.4) is 0 Å². The summed E-state index contributed by atoms with van der Waals surface area (Å²) in [4.78, 5) is 34.9. The first kappa shape index (κ1) is 16.4. The van der Waals surface area contributed by atoms with Crippen molar-refractivity contribution in [3.63, 3.8) is 0 Å². The van der Waals surface area contributed by atoms with Gasteiger partial charge in [0.05, 0.1) is 12.2 Å². The number of anilines is 1. The lowest BCUT2D eigenvalue weighted by Crippen LogP contribution is -2.07. The summed E-state index contributed by atoms with van der Waals surface area (Å²) in [5, 5.41) is 2.64. The van der Waals surface area contributed by atoms with Crippen molar-refractivity contribution in [1.29, 1.82) is 0 Å². The Labute approximate surface area is 134 Å². The Morgan fingerprint density at radius 1 is 0.870 bits per heavy atom. The summed E-state index contributed by atoms with van der Waals surface area (Å²) in [5.74, 6) is -0.737. The third-order valence-electron chi connectivity index (χ3n) is 3.13. The van der Waals surface area contributed by atoms with Crippen molar-refractivity contribution in [2.24, 2.45) is 0 Å². The molecular weight excluding hydrogens is 294 g/mol. The van der Waals surface area contributed by atoms with Crippen LogP contribution in [-0.2, 0) is 9.53 Å². The number of benzene rings is 2. The second-order valence-corrected chi connectivity index (χ2v) is 4.89. The van der Waals surface area contributed by atoms with E-state index in [1.54, 1.807) is 55.5 Å². The number of rotatable bonds is 5. The number of nitrogens with one attached hydrogen (secondary N) is 1. The van der Waals surface area contributed by atoms with Gasteiger partial charge in [0.15, 0.2) is 5.78 Å². The molecule has 0 spiro atoms. The van der Waals surface area contributed by atoms with Gasteiger partial charge in [-0.2, -0.15) is 0 Å². The van der Waals surface area contributed by atoms with Crippen LogP contribution in [0.25, 0.3) is 0 Å². The number of hydrogen-bond acceptors (Lipinski definition) is 4. The third kappa shape index (κ3) is 4.26. The third-order valence-corrected chi connectivity index (χ3v) is 3.13. The van der Waals surface area contributed by atoms with Gasteiger partial charge in [-0.3, -0.25) is 9.59 Å². The van der Waals surface area contributed by atoms with Gasteiger partial charge in [0.2, 0.25) is 5.91 Å². The van der Waals surface area contributed by atoms with Gasteiger partial charge in [-0.15, -0.1) is 0 Å². The number of ether oxygens (including phenoxy) is 1. The van der Waals surface area contributed by atoms with E-state index in [-0.39, 0.29) is 11.7 Å². The number of hydrogen-bond donors (Lipinski definition) is 1. The van der Waals surface area contributed by atoms with Gasteiger partial charge in [-0.25, -0.2) is 4.79 Å². The van der Waals surface area contributed by atoms with E-state index in [2.05, 4.69) is 5.32 Å². The number of carbonyl (C=O) groups excluding carboxylic acids is 3. The van der Waals surface area contributed by atoms with Crippen molar-refractivity contribution in [1.82, 2.24) is 0 Å². The van der Waals surface area contributed by atoms with Gasteiger partial charge >= 0.3 is 5.97 Å². The molecule has 5 nitrogen and oxygen atoms in total. The van der Waals surface area contributed by atoms with E-state index in [1.165, 1.54) is 6.92 Å². The molecule has 0 aromatic heterocycles. The van der Waals surface area contributed by atoms with Crippen LogP contribution in [0.5, 0.6) is 0 Å². The largest absolute Gasteiger partial charge is 0.462 e. The van der Waals surface area contributed by atoms with E-state index < -0.39 is 5.97 Å². The molecule has 0 heterocycles. The van der Waals surface area contributed by atoms with Crippen LogP contribution in [0.1, 0.15) is 40.1 Å². The first-order chi connectivity index (χ1) is 11.0. The van der Waals surface area contributed by atoms with Crippen LogP contribution in [0.2, 0.25) is 0 Å². The van der Waals surface area contributed by atoms with Gasteiger partial charge in [-0.1, -0.05) is 12.1 Å².